The van der Waals surface area contributed by atoms with E-state index in [4.69, 9.17) is 44.0 Å². The zero-order chi connectivity index (χ0) is 23.5. The number of halogens is 3. The molecular formula is C23H24Cl3NO4S. The summed E-state index contributed by atoms with van der Waals surface area (Å²) in [6.45, 7) is 4.15. The Morgan fingerprint density at radius 3 is 2.25 bits per heavy atom. The molecule has 3 rings (SSSR count). The van der Waals surface area contributed by atoms with Gasteiger partial charge in [-0.05, 0) is 53.8 Å². The number of nitrogens with zero attached hydrogens (tertiary/aromatic N) is 1. The third-order valence-electron chi connectivity index (χ3n) is 5.32. The maximum atomic E-state index is 11.7. The van der Waals surface area contributed by atoms with Crippen LogP contribution < -0.4 is 4.74 Å². The van der Waals surface area contributed by atoms with Gasteiger partial charge in [0.25, 0.3) is 0 Å². The molecule has 2 aromatic carbocycles. The van der Waals surface area contributed by atoms with Crippen molar-refractivity contribution >= 4 is 44.6 Å². The molecule has 0 saturated heterocycles. The Morgan fingerprint density at radius 1 is 1.06 bits per heavy atom. The normalized spacial score (nSPS) is 12.2. The number of sulfone groups is 1. The fourth-order valence-electron chi connectivity index (χ4n) is 3.39. The Morgan fingerprint density at radius 2 is 1.69 bits per heavy atom. The fourth-order valence-corrected chi connectivity index (χ4v) is 4.95. The lowest BCUT2D eigenvalue weighted by molar-refractivity contribution is 0.265. The van der Waals surface area contributed by atoms with Crippen LogP contribution >= 0.6 is 34.8 Å². The molecule has 172 valence electrons. The van der Waals surface area contributed by atoms with Gasteiger partial charge in [0.2, 0.25) is 0 Å². The average Bonchev–Trinajstić information content (AvgIpc) is 3.21. The molecule has 0 saturated carbocycles. The summed E-state index contributed by atoms with van der Waals surface area (Å²) in [5, 5.41) is 1.16. The molecule has 5 nitrogen and oxygen atoms in total. The molecule has 0 N–H and O–H groups in total. The van der Waals surface area contributed by atoms with Gasteiger partial charge in [-0.1, -0.05) is 49.2 Å². The van der Waals surface area contributed by atoms with Crippen LogP contribution in [0.5, 0.6) is 5.75 Å². The van der Waals surface area contributed by atoms with Crippen molar-refractivity contribution in [1.82, 2.24) is 4.98 Å². The van der Waals surface area contributed by atoms with Gasteiger partial charge in [0.1, 0.15) is 12.4 Å². The van der Waals surface area contributed by atoms with Crippen LogP contribution in [0.15, 0.2) is 52.2 Å². The predicted molar refractivity (Wildman–Crippen MR) is 128 cm³/mol. The van der Waals surface area contributed by atoms with Crippen LogP contribution in [0, 0.1) is 0 Å². The van der Waals surface area contributed by atoms with Crippen molar-refractivity contribution < 1.29 is 17.6 Å². The molecule has 0 amide bonds. The number of benzene rings is 2. The van der Waals surface area contributed by atoms with E-state index in [-0.39, 0.29) is 22.8 Å². The lowest BCUT2D eigenvalue weighted by atomic mass is 9.78. The second kappa shape index (κ2) is 10.0. The monoisotopic (exact) mass is 515 g/mol. The molecule has 0 aliphatic heterocycles. The molecule has 32 heavy (non-hydrogen) atoms. The van der Waals surface area contributed by atoms with Crippen LogP contribution in [0.25, 0.3) is 0 Å². The summed E-state index contributed by atoms with van der Waals surface area (Å²) in [6, 6.07) is 11.5. The second-order valence-corrected chi connectivity index (χ2v) is 11.1. The zero-order valence-electron chi connectivity index (χ0n) is 18.0. The first kappa shape index (κ1) is 24.9. The van der Waals surface area contributed by atoms with Gasteiger partial charge in [0.15, 0.2) is 27.0 Å². The Labute approximate surface area is 203 Å². The van der Waals surface area contributed by atoms with Gasteiger partial charge in [-0.3, -0.25) is 0 Å². The van der Waals surface area contributed by atoms with Crippen molar-refractivity contribution in [3.05, 3.63) is 75.3 Å². The summed E-state index contributed by atoms with van der Waals surface area (Å²) in [5.41, 5.74) is 2.60. The van der Waals surface area contributed by atoms with Gasteiger partial charge in [-0.25, -0.2) is 13.4 Å². The van der Waals surface area contributed by atoms with Crippen LogP contribution in [0.3, 0.4) is 0 Å². The molecule has 0 aliphatic rings. The fraction of sp³-hybridized carbons (Fsp3) is 0.348. The van der Waals surface area contributed by atoms with E-state index in [1.165, 1.54) is 0 Å². The third-order valence-corrected chi connectivity index (χ3v) is 7.30. The first-order chi connectivity index (χ1) is 15.0. The van der Waals surface area contributed by atoms with Crippen molar-refractivity contribution in [2.24, 2.45) is 0 Å². The lowest BCUT2D eigenvalue weighted by Crippen LogP contribution is -2.19. The number of ether oxygens (including phenoxy) is 1. The number of hydrogen-bond acceptors (Lipinski definition) is 5. The predicted octanol–water partition coefficient (Wildman–Crippen LogP) is 6.46. The van der Waals surface area contributed by atoms with Gasteiger partial charge in [0.05, 0.1) is 0 Å². The minimum atomic E-state index is -3.48. The third kappa shape index (κ3) is 5.60. The van der Waals surface area contributed by atoms with Crippen molar-refractivity contribution in [2.75, 3.05) is 12.1 Å². The van der Waals surface area contributed by atoms with E-state index in [2.05, 4.69) is 18.8 Å². The van der Waals surface area contributed by atoms with Gasteiger partial charge < -0.3 is 9.15 Å². The van der Waals surface area contributed by atoms with E-state index in [9.17, 15) is 8.42 Å². The summed E-state index contributed by atoms with van der Waals surface area (Å²) >= 11 is 18.8. The van der Waals surface area contributed by atoms with E-state index >= 15 is 0 Å². The molecule has 0 aliphatic carbocycles. The van der Waals surface area contributed by atoms with E-state index in [1.54, 1.807) is 0 Å². The van der Waals surface area contributed by atoms with E-state index in [1.807, 2.05) is 36.4 Å². The molecule has 0 unspecified atom stereocenters. The maximum absolute atomic E-state index is 11.7. The van der Waals surface area contributed by atoms with Crippen LogP contribution in [-0.2, 0) is 28.3 Å². The Balaban J connectivity index is 1.77. The van der Waals surface area contributed by atoms with Crippen LogP contribution in [0.1, 0.15) is 42.7 Å². The first-order valence-corrected chi connectivity index (χ1v) is 13.1. The van der Waals surface area contributed by atoms with Crippen LogP contribution in [0.4, 0.5) is 0 Å². The molecule has 0 fully saturated rings. The maximum Gasteiger partial charge on any atom is 0.200 e. The molecule has 9 heteroatoms. The van der Waals surface area contributed by atoms with E-state index < -0.39 is 9.84 Å². The van der Waals surface area contributed by atoms with Gasteiger partial charge in [0, 0.05) is 27.6 Å². The molecule has 1 aromatic heterocycles. The highest BCUT2D eigenvalue weighted by molar-refractivity contribution is 7.90. The smallest absolute Gasteiger partial charge is 0.200 e. The molecule has 0 radical (unpaired) electrons. The topological polar surface area (TPSA) is 69.4 Å². The van der Waals surface area contributed by atoms with Gasteiger partial charge in [-0.2, -0.15) is 0 Å². The largest absolute Gasteiger partial charge is 0.486 e. The SMILES string of the molecule is CC(C)(c1ccc(OCc2ocnc2S(C)(=O)=O)cc1)c1cc(Cl)c(CCCCl)c(Cl)c1. The number of hydrogen-bond donors (Lipinski definition) is 0. The van der Waals surface area contributed by atoms with Gasteiger partial charge >= 0.3 is 0 Å². The summed E-state index contributed by atoms with van der Waals surface area (Å²) in [4.78, 5) is 3.75. The summed E-state index contributed by atoms with van der Waals surface area (Å²) < 4.78 is 34.3. The highest BCUT2D eigenvalue weighted by Gasteiger charge is 2.25. The standard InChI is InChI=1S/C23H24Cl3NO4S/c1-23(2,16-11-19(25)18(5-4-10-24)20(26)12-16)15-6-8-17(9-7-15)30-13-21-22(27-14-31-21)32(3,28)29/h6-9,11-12,14H,4-5,10,13H2,1-3H3. The highest BCUT2D eigenvalue weighted by Crippen LogP contribution is 2.37. The Hall–Kier alpha value is -1.73. The van der Waals surface area contributed by atoms with E-state index in [0.717, 1.165) is 42.2 Å². The highest BCUT2D eigenvalue weighted by atomic mass is 35.5. The Kier molecular flexibility index (Phi) is 7.81. The van der Waals surface area contributed by atoms with E-state index in [0.29, 0.717) is 21.7 Å². The Bertz CT molecular complexity index is 1170. The van der Waals surface area contributed by atoms with Crippen LogP contribution in [0.2, 0.25) is 10.0 Å². The lowest BCUT2D eigenvalue weighted by Gasteiger charge is -2.27. The number of rotatable bonds is 9. The molecule has 0 atom stereocenters. The minimum absolute atomic E-state index is 0.0415. The molecule has 1 heterocycles. The molecule has 3 aromatic rings. The molecular weight excluding hydrogens is 493 g/mol. The second-order valence-electron chi connectivity index (χ2n) is 8.00. The molecule has 0 bridgehead atoms. The first-order valence-electron chi connectivity index (χ1n) is 9.94. The summed E-state index contributed by atoms with van der Waals surface area (Å²) in [7, 11) is -3.48. The molecule has 0 spiro atoms. The van der Waals surface area contributed by atoms with Crippen molar-refractivity contribution in [3.8, 4) is 5.75 Å². The number of aromatic nitrogens is 1. The van der Waals surface area contributed by atoms with Gasteiger partial charge in [-0.15, -0.1) is 11.6 Å². The summed E-state index contributed by atoms with van der Waals surface area (Å²) in [6.07, 6.45) is 3.72. The number of alkyl halides is 1. The zero-order valence-corrected chi connectivity index (χ0v) is 21.1. The van der Waals surface area contributed by atoms with Crippen molar-refractivity contribution in [3.63, 3.8) is 0 Å². The summed E-state index contributed by atoms with van der Waals surface area (Å²) in [5.74, 6) is 1.30. The van der Waals surface area contributed by atoms with Crippen LogP contribution in [-0.4, -0.2) is 25.5 Å². The quantitative estimate of drug-likeness (QED) is 0.305. The van der Waals surface area contributed by atoms with Crippen molar-refractivity contribution in [2.45, 2.75) is 43.7 Å². The minimum Gasteiger partial charge on any atom is -0.486 e. The average molecular weight is 517 g/mol. The van der Waals surface area contributed by atoms with Crippen molar-refractivity contribution in [1.29, 1.82) is 0 Å². The number of oxazole rings is 1.